The summed E-state index contributed by atoms with van der Waals surface area (Å²) in [6.07, 6.45) is 2.20. The van der Waals surface area contributed by atoms with E-state index in [2.05, 4.69) is 5.32 Å². The molecule has 0 aromatic heterocycles. The summed E-state index contributed by atoms with van der Waals surface area (Å²) >= 11 is 1.45. The summed E-state index contributed by atoms with van der Waals surface area (Å²) in [4.78, 5) is 32.8. The summed E-state index contributed by atoms with van der Waals surface area (Å²) in [5, 5.41) is 5.65. The number of allylic oxidation sites excluding steroid dienone is 1. The van der Waals surface area contributed by atoms with Crippen LogP contribution in [-0.2, 0) is 19.1 Å². The third-order valence-electron chi connectivity index (χ3n) is 6.54. The minimum absolute atomic E-state index is 0.0686. The minimum Gasteiger partial charge on any atom is -0.463 e. The van der Waals surface area contributed by atoms with Crippen molar-refractivity contribution in [2.45, 2.75) is 45.3 Å². The van der Waals surface area contributed by atoms with E-state index in [1.807, 2.05) is 71.8 Å². The topological polar surface area (TPSA) is 89.5 Å². The Morgan fingerprint density at radius 3 is 2.74 bits per heavy atom. The van der Waals surface area contributed by atoms with Crippen LogP contribution in [0.4, 0.5) is 0 Å². The Bertz CT molecular complexity index is 1280. The van der Waals surface area contributed by atoms with E-state index in [1.165, 1.54) is 11.8 Å². The largest absolute Gasteiger partial charge is 0.463 e. The number of hydrogen-bond donors (Lipinski definition) is 1. The van der Waals surface area contributed by atoms with Crippen molar-refractivity contribution in [3.63, 3.8) is 0 Å². The zero-order chi connectivity index (χ0) is 26.5. The molecule has 9 heteroatoms. The fraction of sp³-hybridized carbons (Fsp3) is 0.345. The summed E-state index contributed by atoms with van der Waals surface area (Å²) in [7, 11) is 0. The van der Waals surface area contributed by atoms with E-state index in [-0.39, 0.29) is 25.0 Å². The molecule has 5 rings (SSSR count). The van der Waals surface area contributed by atoms with Gasteiger partial charge in [-0.15, -0.1) is 0 Å². The van der Waals surface area contributed by atoms with Crippen molar-refractivity contribution >= 4 is 28.8 Å². The minimum atomic E-state index is -0.520. The maximum absolute atomic E-state index is 13.2. The number of ether oxygens (including phenoxy) is 3. The van der Waals surface area contributed by atoms with Crippen molar-refractivity contribution in [3.05, 3.63) is 82.5 Å². The van der Waals surface area contributed by atoms with Gasteiger partial charge in [-0.1, -0.05) is 42.1 Å². The van der Waals surface area contributed by atoms with Crippen molar-refractivity contribution in [1.82, 2.24) is 10.2 Å². The van der Waals surface area contributed by atoms with Gasteiger partial charge in [-0.05, 0) is 61.9 Å². The first-order valence-electron chi connectivity index (χ1n) is 12.9. The second kappa shape index (κ2) is 11.9. The molecule has 2 aromatic carbocycles. The molecule has 0 saturated carbocycles. The first-order valence-corrected chi connectivity index (χ1v) is 13.7. The van der Waals surface area contributed by atoms with Crippen LogP contribution < -0.4 is 10.1 Å². The van der Waals surface area contributed by atoms with Crippen LogP contribution in [0.25, 0.3) is 0 Å². The molecular formula is C29H31N3O5S. The normalized spacial score (nSPS) is 20.5. The number of nitrogens with one attached hydrogen (secondary N) is 1. The zero-order valence-electron chi connectivity index (χ0n) is 21.5. The average molecular weight is 534 g/mol. The van der Waals surface area contributed by atoms with Crippen LogP contribution in [0.15, 0.2) is 82.0 Å². The van der Waals surface area contributed by atoms with Crippen molar-refractivity contribution in [2.24, 2.45) is 4.99 Å². The molecule has 38 heavy (non-hydrogen) atoms. The number of esters is 1. The Hall–Kier alpha value is -3.56. The van der Waals surface area contributed by atoms with E-state index in [0.717, 1.165) is 35.9 Å². The Kier molecular flexibility index (Phi) is 8.14. The summed E-state index contributed by atoms with van der Waals surface area (Å²) in [5.41, 5.74) is 2.65. The van der Waals surface area contributed by atoms with Gasteiger partial charge >= 0.3 is 5.97 Å². The molecule has 1 saturated heterocycles. The van der Waals surface area contributed by atoms with Gasteiger partial charge in [0.15, 0.2) is 5.17 Å². The van der Waals surface area contributed by atoms with Gasteiger partial charge in [-0.2, -0.15) is 0 Å². The highest BCUT2D eigenvalue weighted by atomic mass is 32.2. The molecule has 1 fully saturated rings. The second-order valence-corrected chi connectivity index (χ2v) is 10.1. The zero-order valence-corrected chi connectivity index (χ0v) is 22.3. The van der Waals surface area contributed by atoms with Crippen molar-refractivity contribution in [3.8, 4) is 11.5 Å². The van der Waals surface area contributed by atoms with Gasteiger partial charge in [0.25, 0.3) is 0 Å². The lowest BCUT2D eigenvalue weighted by Gasteiger charge is -2.36. The number of carbonyl (C=O) groups is 2. The SMILES string of the molecule is CCOC(=O)C1=C(C)N=C2SC=C(CC(=O)NC[C@@H]3CCCO3)N2[C@@H]1c1cccc(Oc2ccccc2)c1. The van der Waals surface area contributed by atoms with Crippen molar-refractivity contribution < 1.29 is 23.8 Å². The number of amidine groups is 1. The Balaban J connectivity index is 1.44. The van der Waals surface area contributed by atoms with Crippen molar-refractivity contribution in [1.29, 1.82) is 0 Å². The van der Waals surface area contributed by atoms with Crippen LogP contribution in [0.5, 0.6) is 11.5 Å². The van der Waals surface area contributed by atoms with E-state index in [0.29, 0.717) is 29.3 Å². The van der Waals surface area contributed by atoms with Crippen LogP contribution in [0, 0.1) is 0 Å². The lowest BCUT2D eigenvalue weighted by molar-refractivity contribution is -0.139. The highest BCUT2D eigenvalue weighted by Gasteiger charge is 2.41. The van der Waals surface area contributed by atoms with Gasteiger partial charge in [0.2, 0.25) is 5.91 Å². The van der Waals surface area contributed by atoms with Crippen LogP contribution in [-0.4, -0.2) is 47.8 Å². The maximum Gasteiger partial charge on any atom is 0.338 e. The van der Waals surface area contributed by atoms with E-state index in [4.69, 9.17) is 19.2 Å². The number of thioether (sulfide) groups is 1. The summed E-state index contributed by atoms with van der Waals surface area (Å²) in [6, 6.07) is 16.7. The first-order chi connectivity index (χ1) is 18.5. The molecule has 0 spiro atoms. The van der Waals surface area contributed by atoms with Gasteiger partial charge in [0.05, 0.1) is 36.4 Å². The number of benzene rings is 2. The number of fused-ring (bicyclic) bond motifs is 1. The van der Waals surface area contributed by atoms with Crippen LogP contribution in [0.2, 0.25) is 0 Å². The van der Waals surface area contributed by atoms with Crippen LogP contribution in [0.3, 0.4) is 0 Å². The number of amides is 1. The Morgan fingerprint density at radius 1 is 1.16 bits per heavy atom. The number of rotatable bonds is 9. The standard InChI is InChI=1S/C29H31N3O5S/c1-3-35-28(34)26-19(2)31-29-32(21(18-38-29)16-25(33)30-17-24-13-8-14-36-24)27(26)20-9-7-12-23(15-20)37-22-10-5-4-6-11-22/h4-7,9-12,15,18,24,27H,3,8,13-14,16-17H2,1-2H3,(H,30,33)/t24-,27+/m0/s1. The second-order valence-electron chi connectivity index (χ2n) is 9.22. The highest BCUT2D eigenvalue weighted by molar-refractivity contribution is 8.16. The molecule has 0 aliphatic carbocycles. The number of carbonyl (C=O) groups excluding carboxylic acids is 2. The van der Waals surface area contributed by atoms with Gasteiger partial charge in [0.1, 0.15) is 11.5 Å². The smallest absolute Gasteiger partial charge is 0.338 e. The van der Waals surface area contributed by atoms with Gasteiger partial charge in [0, 0.05) is 18.8 Å². The number of aliphatic imine (C=N–C) groups is 1. The molecule has 2 aromatic rings. The van der Waals surface area contributed by atoms with Gasteiger partial charge in [-0.3, -0.25) is 4.79 Å². The van der Waals surface area contributed by atoms with E-state index < -0.39 is 12.0 Å². The van der Waals surface area contributed by atoms with Crippen LogP contribution >= 0.6 is 11.8 Å². The molecule has 198 valence electrons. The average Bonchev–Trinajstić information content (AvgIpc) is 3.58. The number of nitrogens with zero attached hydrogens (tertiary/aromatic N) is 2. The third kappa shape index (κ3) is 5.79. The Labute approximate surface area is 226 Å². The van der Waals surface area contributed by atoms with Crippen LogP contribution in [0.1, 0.15) is 44.7 Å². The molecule has 3 heterocycles. The molecule has 8 nitrogen and oxygen atoms in total. The molecule has 0 radical (unpaired) electrons. The molecular weight excluding hydrogens is 502 g/mol. The monoisotopic (exact) mass is 533 g/mol. The molecule has 2 atom stereocenters. The molecule has 0 bridgehead atoms. The van der Waals surface area contributed by atoms with E-state index in [1.54, 1.807) is 6.92 Å². The van der Waals surface area contributed by atoms with Gasteiger partial charge in [-0.25, -0.2) is 9.79 Å². The van der Waals surface area contributed by atoms with Gasteiger partial charge < -0.3 is 24.4 Å². The predicted octanol–water partition coefficient (Wildman–Crippen LogP) is 5.30. The maximum atomic E-state index is 13.2. The predicted molar refractivity (Wildman–Crippen MR) is 147 cm³/mol. The fourth-order valence-corrected chi connectivity index (χ4v) is 5.75. The van der Waals surface area contributed by atoms with Crippen molar-refractivity contribution in [2.75, 3.05) is 19.8 Å². The molecule has 1 amide bonds. The molecule has 1 N–H and O–H groups in total. The summed E-state index contributed by atoms with van der Waals surface area (Å²) in [6.45, 7) is 5.09. The summed E-state index contributed by atoms with van der Waals surface area (Å²) < 4.78 is 17.2. The van der Waals surface area contributed by atoms with E-state index >= 15 is 0 Å². The molecule has 0 unspecified atom stereocenters. The lowest BCUT2D eigenvalue weighted by atomic mass is 9.93. The number of hydrogen-bond acceptors (Lipinski definition) is 8. The quantitative estimate of drug-likeness (QED) is 0.438. The highest BCUT2D eigenvalue weighted by Crippen LogP contribution is 2.45. The lowest BCUT2D eigenvalue weighted by Crippen LogP contribution is -2.38. The first kappa shape index (κ1) is 26.1. The third-order valence-corrected chi connectivity index (χ3v) is 7.43. The molecule has 3 aliphatic heterocycles. The van der Waals surface area contributed by atoms with E-state index in [9.17, 15) is 9.59 Å². The Morgan fingerprint density at radius 2 is 1.97 bits per heavy atom. The number of para-hydroxylation sites is 1. The molecule has 3 aliphatic rings. The fourth-order valence-electron chi connectivity index (χ4n) is 4.79. The summed E-state index contributed by atoms with van der Waals surface area (Å²) in [5.74, 6) is 0.835.